The number of H-pyrrole nitrogens is 1. The Labute approximate surface area is 152 Å². The number of imidazole rings is 1. The Morgan fingerprint density at radius 3 is 3.08 bits per heavy atom. The zero-order valence-electron chi connectivity index (χ0n) is 15.1. The van der Waals surface area contributed by atoms with Crippen molar-refractivity contribution in [2.24, 2.45) is 0 Å². The third kappa shape index (κ3) is 3.10. The molecule has 1 atom stereocenters. The van der Waals surface area contributed by atoms with E-state index in [1.165, 1.54) is 0 Å². The van der Waals surface area contributed by atoms with Crippen LogP contribution < -0.4 is 0 Å². The van der Waals surface area contributed by atoms with Crippen LogP contribution in [0.15, 0.2) is 30.3 Å². The van der Waals surface area contributed by atoms with Crippen LogP contribution in [-0.2, 0) is 11.3 Å². The summed E-state index contributed by atoms with van der Waals surface area (Å²) in [6.45, 7) is 3.98. The highest BCUT2D eigenvalue weighted by atomic mass is 16.5. The van der Waals surface area contributed by atoms with Crippen molar-refractivity contribution >= 4 is 16.9 Å². The molecule has 1 N–H and O–H groups in total. The van der Waals surface area contributed by atoms with Crippen LogP contribution in [-0.4, -0.2) is 56.9 Å². The minimum atomic E-state index is -0.0403. The second-order valence-corrected chi connectivity index (χ2v) is 6.76. The van der Waals surface area contributed by atoms with Crippen molar-refractivity contribution in [3.63, 3.8) is 0 Å². The summed E-state index contributed by atoms with van der Waals surface area (Å²) in [5.74, 6) is 0.897. The molecule has 0 spiro atoms. The number of hydrogen-bond acceptors (Lipinski definition) is 4. The molecular weight excluding hydrogens is 330 g/mol. The number of aromatic nitrogens is 4. The van der Waals surface area contributed by atoms with Crippen LogP contribution in [0.5, 0.6) is 0 Å². The molecule has 3 heterocycles. The molecule has 0 unspecified atom stereocenters. The zero-order chi connectivity index (χ0) is 18.1. The first kappa shape index (κ1) is 16.8. The molecule has 7 nitrogen and oxygen atoms in total. The van der Waals surface area contributed by atoms with Gasteiger partial charge in [-0.25, -0.2) is 4.98 Å². The summed E-state index contributed by atoms with van der Waals surface area (Å²) in [5.41, 5.74) is 3.39. The van der Waals surface area contributed by atoms with Gasteiger partial charge in [0.2, 0.25) is 0 Å². The Balaban J connectivity index is 1.52. The summed E-state index contributed by atoms with van der Waals surface area (Å²) in [5, 5.41) is 7.25. The largest absolute Gasteiger partial charge is 0.380 e. The molecule has 7 heteroatoms. The molecule has 3 aromatic rings. The third-order valence-electron chi connectivity index (χ3n) is 5.02. The number of likely N-dealkylation sites (tertiary alicyclic amines) is 1. The number of benzene rings is 1. The quantitative estimate of drug-likeness (QED) is 0.781. The van der Waals surface area contributed by atoms with Gasteiger partial charge in [-0.3, -0.25) is 9.89 Å². The number of fused-ring (bicyclic) bond motifs is 1. The number of carbonyl (C=O) groups is 1. The number of ether oxygens (including phenoxy) is 1. The Kier molecular flexibility index (Phi) is 4.46. The maximum Gasteiger partial charge on any atom is 0.274 e. The van der Waals surface area contributed by atoms with Gasteiger partial charge in [0, 0.05) is 20.2 Å². The van der Waals surface area contributed by atoms with Gasteiger partial charge in [-0.15, -0.1) is 0 Å². The van der Waals surface area contributed by atoms with Crippen molar-refractivity contribution in [2.45, 2.75) is 32.4 Å². The molecule has 1 aromatic carbocycles. The van der Waals surface area contributed by atoms with E-state index in [9.17, 15) is 4.79 Å². The lowest BCUT2D eigenvalue weighted by Gasteiger charge is -2.31. The fourth-order valence-electron chi connectivity index (χ4n) is 3.60. The van der Waals surface area contributed by atoms with Crippen molar-refractivity contribution < 1.29 is 9.53 Å². The molecule has 1 fully saturated rings. The first-order valence-electron chi connectivity index (χ1n) is 8.94. The number of nitrogens with zero attached hydrogens (tertiary/aromatic N) is 4. The molecular formula is C19H23N5O2. The highest BCUT2D eigenvalue weighted by molar-refractivity contribution is 5.92. The maximum absolute atomic E-state index is 12.7. The topological polar surface area (TPSA) is 76.0 Å². The summed E-state index contributed by atoms with van der Waals surface area (Å²) in [6.07, 6.45) is 2.08. The molecule has 26 heavy (non-hydrogen) atoms. The fraction of sp³-hybridized carbons (Fsp3) is 0.421. The Morgan fingerprint density at radius 1 is 1.38 bits per heavy atom. The number of para-hydroxylation sites is 2. The van der Waals surface area contributed by atoms with Gasteiger partial charge in [0.15, 0.2) is 0 Å². The summed E-state index contributed by atoms with van der Waals surface area (Å²) < 4.78 is 7.53. The predicted molar refractivity (Wildman–Crippen MR) is 98.1 cm³/mol. The molecule has 1 aliphatic heterocycles. The molecule has 0 bridgehead atoms. The lowest BCUT2D eigenvalue weighted by molar-refractivity contribution is 0.0265. The van der Waals surface area contributed by atoms with E-state index in [0.29, 0.717) is 18.8 Å². The number of aryl methyl sites for hydroxylation is 1. The van der Waals surface area contributed by atoms with Gasteiger partial charge in [0.1, 0.15) is 11.5 Å². The first-order valence-corrected chi connectivity index (χ1v) is 8.94. The molecule has 4 rings (SSSR count). The lowest BCUT2D eigenvalue weighted by Crippen LogP contribution is -2.43. The number of hydrogen-bond donors (Lipinski definition) is 1. The maximum atomic E-state index is 12.7. The average Bonchev–Trinajstić information content (AvgIpc) is 3.26. The van der Waals surface area contributed by atoms with Crippen molar-refractivity contribution in [3.05, 3.63) is 47.5 Å². The summed E-state index contributed by atoms with van der Waals surface area (Å²) in [4.78, 5) is 19.1. The number of rotatable bonds is 4. The number of carbonyl (C=O) groups excluding carboxylic acids is 1. The smallest absolute Gasteiger partial charge is 0.274 e. The SMILES string of the molecule is CO[C@H]1CCCN(C(=O)c2cc(Cn3c(C)nc4ccccc43)[nH]n2)C1. The van der Waals surface area contributed by atoms with E-state index in [1.807, 2.05) is 36.1 Å². The van der Waals surface area contributed by atoms with Crippen molar-refractivity contribution in [1.82, 2.24) is 24.6 Å². The standard InChI is InChI=1S/C19H23N5O2/c1-13-20-16-7-3-4-8-18(16)24(13)11-14-10-17(22-21-14)19(25)23-9-5-6-15(12-23)26-2/h3-4,7-8,10,15H,5-6,9,11-12H2,1-2H3,(H,21,22)/t15-/m0/s1. The van der Waals surface area contributed by atoms with Gasteiger partial charge < -0.3 is 14.2 Å². The number of nitrogens with one attached hydrogen (secondary N) is 1. The normalized spacial score (nSPS) is 17.8. The van der Waals surface area contributed by atoms with Gasteiger partial charge in [-0.1, -0.05) is 12.1 Å². The highest BCUT2D eigenvalue weighted by Gasteiger charge is 2.25. The molecule has 0 aliphatic carbocycles. The highest BCUT2D eigenvalue weighted by Crippen LogP contribution is 2.18. The summed E-state index contributed by atoms with van der Waals surface area (Å²) in [6, 6.07) is 9.88. The number of amides is 1. The second kappa shape index (κ2) is 6.92. The van der Waals surface area contributed by atoms with Gasteiger partial charge in [-0.2, -0.15) is 5.10 Å². The van der Waals surface area contributed by atoms with Crippen molar-refractivity contribution in [2.75, 3.05) is 20.2 Å². The molecule has 2 aromatic heterocycles. The fourth-order valence-corrected chi connectivity index (χ4v) is 3.60. The van der Waals surface area contributed by atoms with Crippen molar-refractivity contribution in [3.8, 4) is 0 Å². The molecule has 1 aliphatic rings. The van der Waals surface area contributed by atoms with Crippen LogP contribution in [0.25, 0.3) is 11.0 Å². The van der Waals surface area contributed by atoms with E-state index in [-0.39, 0.29) is 12.0 Å². The molecule has 0 radical (unpaired) electrons. The number of piperidine rings is 1. The van der Waals surface area contributed by atoms with Crippen LogP contribution in [0.1, 0.15) is 34.8 Å². The van der Waals surface area contributed by atoms with Gasteiger partial charge >= 0.3 is 0 Å². The van der Waals surface area contributed by atoms with Crippen LogP contribution in [0, 0.1) is 6.92 Å². The first-order chi connectivity index (χ1) is 12.7. The van der Waals surface area contributed by atoms with Crippen LogP contribution in [0.4, 0.5) is 0 Å². The summed E-state index contributed by atoms with van der Waals surface area (Å²) >= 11 is 0. The average molecular weight is 353 g/mol. The van der Waals surface area contributed by atoms with Gasteiger partial charge in [0.25, 0.3) is 5.91 Å². The minimum absolute atomic E-state index is 0.0403. The lowest BCUT2D eigenvalue weighted by atomic mass is 10.1. The van der Waals surface area contributed by atoms with E-state index in [2.05, 4.69) is 25.8 Å². The second-order valence-electron chi connectivity index (χ2n) is 6.76. The van der Waals surface area contributed by atoms with E-state index in [1.54, 1.807) is 7.11 Å². The Bertz CT molecular complexity index is 929. The Hall–Kier alpha value is -2.67. The Morgan fingerprint density at radius 2 is 2.23 bits per heavy atom. The van der Waals surface area contributed by atoms with Crippen LogP contribution >= 0.6 is 0 Å². The van der Waals surface area contributed by atoms with E-state index in [4.69, 9.17) is 4.74 Å². The number of methoxy groups -OCH3 is 1. The monoisotopic (exact) mass is 353 g/mol. The van der Waals surface area contributed by atoms with Crippen LogP contribution in [0.3, 0.4) is 0 Å². The molecule has 1 amide bonds. The van der Waals surface area contributed by atoms with Gasteiger partial charge in [-0.05, 0) is 38.0 Å². The van der Waals surface area contributed by atoms with Gasteiger partial charge in [0.05, 0.1) is 29.4 Å². The third-order valence-corrected chi connectivity index (χ3v) is 5.02. The molecule has 1 saturated heterocycles. The van der Waals surface area contributed by atoms with E-state index in [0.717, 1.165) is 41.9 Å². The zero-order valence-corrected chi connectivity index (χ0v) is 15.1. The van der Waals surface area contributed by atoms with E-state index < -0.39 is 0 Å². The van der Waals surface area contributed by atoms with Crippen LogP contribution in [0.2, 0.25) is 0 Å². The molecule has 0 saturated carbocycles. The predicted octanol–water partition coefficient (Wildman–Crippen LogP) is 2.37. The number of aromatic amines is 1. The van der Waals surface area contributed by atoms with Crippen molar-refractivity contribution in [1.29, 1.82) is 0 Å². The van der Waals surface area contributed by atoms with E-state index >= 15 is 0 Å². The minimum Gasteiger partial charge on any atom is -0.380 e. The summed E-state index contributed by atoms with van der Waals surface area (Å²) in [7, 11) is 1.70. The molecule has 136 valence electrons.